The summed E-state index contributed by atoms with van der Waals surface area (Å²) in [4.78, 5) is 23.8. The molecule has 4 heteroatoms. The molecule has 0 aliphatic rings. The van der Waals surface area contributed by atoms with Gasteiger partial charge in [0.1, 0.15) is 17.8 Å². The smallest absolute Gasteiger partial charge is 0.311 e. The molecule has 2 aromatic carbocycles. The van der Waals surface area contributed by atoms with Gasteiger partial charge in [-0.3, -0.25) is 9.59 Å². The van der Waals surface area contributed by atoms with Crippen LogP contribution in [0.5, 0.6) is 0 Å². The lowest BCUT2D eigenvalue weighted by Gasteiger charge is -2.02. The number of hydrogen-bond acceptors (Lipinski definition) is 3. The number of carboxylic acid groups (broad SMARTS) is 1. The summed E-state index contributed by atoms with van der Waals surface area (Å²) in [5.74, 6) is -1.06. The van der Waals surface area contributed by atoms with Crippen LogP contribution in [-0.2, 0) is 11.2 Å². The third-order valence-electron chi connectivity index (χ3n) is 3.52. The molecule has 22 heavy (non-hydrogen) atoms. The Balaban J connectivity index is 2.17. The summed E-state index contributed by atoms with van der Waals surface area (Å²) in [6, 6.07) is 14.3. The zero-order valence-corrected chi connectivity index (χ0v) is 12.0. The molecular formula is C18H14O4. The van der Waals surface area contributed by atoms with Crippen LogP contribution in [0.3, 0.4) is 0 Å². The molecule has 4 nitrogen and oxygen atoms in total. The van der Waals surface area contributed by atoms with Crippen molar-refractivity contribution in [2.24, 2.45) is 0 Å². The van der Waals surface area contributed by atoms with Crippen molar-refractivity contribution >= 4 is 22.7 Å². The minimum Gasteiger partial charge on any atom is -0.481 e. The fourth-order valence-corrected chi connectivity index (χ4v) is 2.46. The molecule has 0 bridgehead atoms. The Kier molecular flexibility index (Phi) is 3.51. The second-order valence-corrected chi connectivity index (χ2v) is 5.16. The molecule has 0 saturated carbocycles. The second kappa shape index (κ2) is 5.48. The summed E-state index contributed by atoms with van der Waals surface area (Å²) in [5, 5.41) is 9.68. The van der Waals surface area contributed by atoms with E-state index in [0.29, 0.717) is 22.1 Å². The Bertz CT molecular complexity index is 856. The topological polar surface area (TPSA) is 67.5 Å². The molecular weight excluding hydrogens is 280 g/mol. The van der Waals surface area contributed by atoms with Crippen molar-refractivity contribution in [3.05, 3.63) is 71.0 Å². The predicted molar refractivity (Wildman–Crippen MR) is 82.2 cm³/mol. The maximum absolute atomic E-state index is 12.8. The van der Waals surface area contributed by atoms with Crippen LogP contribution in [0.15, 0.2) is 52.9 Å². The van der Waals surface area contributed by atoms with Crippen molar-refractivity contribution in [2.45, 2.75) is 13.3 Å². The van der Waals surface area contributed by atoms with E-state index in [1.807, 2.05) is 19.1 Å². The largest absolute Gasteiger partial charge is 0.481 e. The van der Waals surface area contributed by atoms with Gasteiger partial charge in [0.15, 0.2) is 5.78 Å². The fourth-order valence-electron chi connectivity index (χ4n) is 2.46. The van der Waals surface area contributed by atoms with Crippen LogP contribution in [0, 0.1) is 6.92 Å². The number of carbonyl (C=O) groups is 2. The van der Waals surface area contributed by atoms with Crippen LogP contribution in [0.25, 0.3) is 11.0 Å². The number of benzene rings is 2. The molecule has 0 saturated heterocycles. The molecule has 1 aromatic heterocycles. The van der Waals surface area contributed by atoms with Crippen molar-refractivity contribution in [3.8, 4) is 0 Å². The molecule has 0 fully saturated rings. The molecule has 3 rings (SSSR count). The minimum absolute atomic E-state index is 0.194. The van der Waals surface area contributed by atoms with E-state index in [2.05, 4.69) is 0 Å². The van der Waals surface area contributed by atoms with Gasteiger partial charge in [0, 0.05) is 10.9 Å². The molecule has 110 valence electrons. The summed E-state index contributed by atoms with van der Waals surface area (Å²) in [6.07, 6.45) is -0.318. The van der Waals surface area contributed by atoms with Crippen molar-refractivity contribution in [2.75, 3.05) is 0 Å². The highest BCUT2D eigenvalue weighted by Crippen LogP contribution is 2.28. The zero-order valence-electron chi connectivity index (χ0n) is 12.0. The van der Waals surface area contributed by atoms with Crippen molar-refractivity contribution in [1.29, 1.82) is 0 Å². The van der Waals surface area contributed by atoms with E-state index in [9.17, 15) is 9.59 Å². The molecule has 0 atom stereocenters. The lowest BCUT2D eigenvalue weighted by Crippen LogP contribution is -2.07. The Morgan fingerprint density at radius 3 is 2.41 bits per heavy atom. The number of hydrogen-bond donors (Lipinski definition) is 1. The van der Waals surface area contributed by atoms with Gasteiger partial charge in [-0.25, -0.2) is 0 Å². The number of aliphatic carboxylic acids is 1. The summed E-state index contributed by atoms with van der Waals surface area (Å²) in [7, 11) is 0. The number of carbonyl (C=O) groups excluding carboxylic acids is 1. The van der Waals surface area contributed by atoms with Crippen LogP contribution < -0.4 is 0 Å². The average molecular weight is 294 g/mol. The minimum atomic E-state index is -1.03. The number of carboxylic acids is 1. The molecule has 0 amide bonds. The first-order valence-corrected chi connectivity index (χ1v) is 6.90. The van der Waals surface area contributed by atoms with Gasteiger partial charge < -0.3 is 9.52 Å². The monoisotopic (exact) mass is 294 g/mol. The fraction of sp³-hybridized carbons (Fsp3) is 0.111. The molecule has 3 aromatic rings. The summed E-state index contributed by atoms with van der Waals surface area (Å²) >= 11 is 0. The van der Waals surface area contributed by atoms with Crippen LogP contribution in [-0.4, -0.2) is 16.9 Å². The molecule has 0 spiro atoms. The lowest BCUT2D eigenvalue weighted by molar-refractivity contribution is -0.136. The van der Waals surface area contributed by atoms with Crippen molar-refractivity contribution < 1.29 is 19.1 Å². The maximum atomic E-state index is 12.8. The highest BCUT2D eigenvalue weighted by Gasteiger charge is 2.23. The molecule has 1 heterocycles. The number of fused-ring (bicyclic) bond motifs is 1. The summed E-state index contributed by atoms with van der Waals surface area (Å²) in [6.45, 7) is 1.94. The van der Waals surface area contributed by atoms with Gasteiger partial charge in [-0.05, 0) is 13.0 Å². The number of ketones is 1. The van der Waals surface area contributed by atoms with Gasteiger partial charge >= 0.3 is 5.97 Å². The number of rotatable bonds is 4. The van der Waals surface area contributed by atoms with Crippen LogP contribution in [0.1, 0.15) is 27.2 Å². The standard InChI is InChI=1S/C18H14O4/c1-11-6-8-12(9-7-11)18(21)17-13-4-2-3-5-14(13)22-15(17)10-16(19)20/h2-9H,10H2,1H3,(H,19,20). The van der Waals surface area contributed by atoms with Gasteiger partial charge in [-0.15, -0.1) is 0 Å². The molecule has 0 aliphatic carbocycles. The highest BCUT2D eigenvalue weighted by molar-refractivity contribution is 6.17. The van der Waals surface area contributed by atoms with E-state index in [-0.39, 0.29) is 18.0 Å². The predicted octanol–water partition coefficient (Wildman–Crippen LogP) is 3.60. The van der Waals surface area contributed by atoms with Gasteiger partial charge in [-0.1, -0.05) is 48.0 Å². The first-order valence-electron chi connectivity index (χ1n) is 6.90. The Morgan fingerprint density at radius 1 is 1.05 bits per heavy atom. The van der Waals surface area contributed by atoms with E-state index in [0.717, 1.165) is 5.56 Å². The van der Waals surface area contributed by atoms with Crippen LogP contribution in [0.4, 0.5) is 0 Å². The van der Waals surface area contributed by atoms with Gasteiger partial charge in [0.2, 0.25) is 0 Å². The lowest BCUT2D eigenvalue weighted by atomic mass is 9.98. The maximum Gasteiger partial charge on any atom is 0.311 e. The SMILES string of the molecule is Cc1ccc(C(=O)c2c(CC(=O)O)oc3ccccc23)cc1. The molecule has 0 unspecified atom stereocenters. The Morgan fingerprint density at radius 2 is 1.73 bits per heavy atom. The normalized spacial score (nSPS) is 10.8. The van der Waals surface area contributed by atoms with Gasteiger partial charge in [0.25, 0.3) is 0 Å². The first kappa shape index (κ1) is 14.1. The van der Waals surface area contributed by atoms with E-state index >= 15 is 0 Å². The molecule has 1 N–H and O–H groups in total. The Labute approximate surface area is 127 Å². The molecule has 0 radical (unpaired) electrons. The summed E-state index contributed by atoms with van der Waals surface area (Å²) in [5.41, 5.74) is 2.43. The second-order valence-electron chi connectivity index (χ2n) is 5.16. The third kappa shape index (κ3) is 2.51. The van der Waals surface area contributed by atoms with E-state index in [1.54, 1.807) is 36.4 Å². The van der Waals surface area contributed by atoms with E-state index in [4.69, 9.17) is 9.52 Å². The zero-order chi connectivity index (χ0) is 15.7. The van der Waals surface area contributed by atoms with E-state index in [1.165, 1.54) is 0 Å². The third-order valence-corrected chi connectivity index (χ3v) is 3.52. The number of furan rings is 1. The van der Waals surface area contributed by atoms with Crippen LogP contribution in [0.2, 0.25) is 0 Å². The van der Waals surface area contributed by atoms with Gasteiger partial charge in [-0.2, -0.15) is 0 Å². The van der Waals surface area contributed by atoms with Crippen molar-refractivity contribution in [3.63, 3.8) is 0 Å². The van der Waals surface area contributed by atoms with E-state index < -0.39 is 5.97 Å². The van der Waals surface area contributed by atoms with Gasteiger partial charge in [0.05, 0.1) is 5.56 Å². The number of aryl methyl sites for hydroxylation is 1. The first-order chi connectivity index (χ1) is 10.6. The Hall–Kier alpha value is -2.88. The number of para-hydroxylation sites is 1. The summed E-state index contributed by atoms with van der Waals surface area (Å²) < 4.78 is 5.57. The average Bonchev–Trinajstić information content (AvgIpc) is 2.84. The quantitative estimate of drug-likeness (QED) is 0.746. The van der Waals surface area contributed by atoms with Crippen molar-refractivity contribution in [1.82, 2.24) is 0 Å². The van der Waals surface area contributed by atoms with Crippen LogP contribution >= 0.6 is 0 Å². The molecule has 0 aliphatic heterocycles. The highest BCUT2D eigenvalue weighted by atomic mass is 16.4.